The van der Waals surface area contributed by atoms with Crippen LogP contribution < -0.4 is 10.6 Å². The number of likely N-dealkylation sites (N-methyl/N-ethyl adjacent to an activating group) is 1. The second-order valence-electron chi connectivity index (χ2n) is 8.35. The molecule has 29 heavy (non-hydrogen) atoms. The molecule has 162 valence electrons. The maximum atomic E-state index is 12.9. The molecule has 1 saturated carbocycles. The third-order valence-corrected chi connectivity index (χ3v) is 5.96. The Hall–Kier alpha value is -1.80. The Morgan fingerprint density at radius 3 is 2.55 bits per heavy atom. The molecule has 1 unspecified atom stereocenters. The van der Waals surface area contributed by atoms with Gasteiger partial charge in [-0.15, -0.1) is 0 Å². The minimum absolute atomic E-state index is 0.101. The summed E-state index contributed by atoms with van der Waals surface area (Å²) < 4.78 is 38.6. The number of amides is 2. The van der Waals surface area contributed by atoms with E-state index in [9.17, 15) is 18.0 Å². The zero-order chi connectivity index (χ0) is 21.0. The number of nitrogens with one attached hydrogen (secondary N) is 2. The smallest absolute Gasteiger partial charge is 0.337 e. The molecule has 1 aromatic rings. The number of urea groups is 1. The van der Waals surface area contributed by atoms with E-state index in [0.29, 0.717) is 30.7 Å². The van der Waals surface area contributed by atoms with Crippen molar-refractivity contribution in [2.24, 2.45) is 0 Å². The number of likely N-dealkylation sites (tertiary alicyclic amines) is 1. The van der Waals surface area contributed by atoms with Crippen LogP contribution in [0.4, 0.5) is 18.0 Å². The highest BCUT2D eigenvalue weighted by Gasteiger charge is 2.31. The molecule has 0 radical (unpaired) electrons. The molecule has 0 aromatic heterocycles. The molecule has 1 heterocycles. The number of hydrogen-bond acceptors (Lipinski definition) is 3. The third-order valence-electron chi connectivity index (χ3n) is 5.96. The Morgan fingerprint density at radius 2 is 1.93 bits per heavy atom. The summed E-state index contributed by atoms with van der Waals surface area (Å²) in [5, 5.41) is 5.98. The number of alkyl halides is 3. The highest BCUT2D eigenvalue weighted by Crippen LogP contribution is 2.30. The molecule has 1 aliphatic heterocycles. The van der Waals surface area contributed by atoms with Gasteiger partial charge in [-0.1, -0.05) is 18.2 Å². The van der Waals surface area contributed by atoms with Crippen LogP contribution in [-0.2, 0) is 12.7 Å². The van der Waals surface area contributed by atoms with Crippen LogP contribution in [0, 0.1) is 0 Å². The van der Waals surface area contributed by atoms with Crippen LogP contribution in [0.5, 0.6) is 0 Å². The van der Waals surface area contributed by atoms with Crippen molar-refractivity contribution in [2.75, 3.05) is 26.7 Å². The average Bonchev–Trinajstić information content (AvgIpc) is 3.52. The van der Waals surface area contributed by atoms with Gasteiger partial charge in [-0.25, -0.2) is 4.79 Å². The Labute approximate surface area is 170 Å². The molecule has 8 heteroatoms. The SMILES string of the molecule is CC(CNC(=O)NC1CCN(Cc2cccc(C(F)(F)F)c2)CC1)N(C)C1CC1. The maximum Gasteiger partial charge on any atom is 0.416 e. The largest absolute Gasteiger partial charge is 0.416 e. The van der Waals surface area contributed by atoms with E-state index in [1.165, 1.54) is 25.0 Å². The van der Waals surface area contributed by atoms with Gasteiger partial charge in [0.15, 0.2) is 0 Å². The quantitative estimate of drug-likeness (QED) is 0.721. The van der Waals surface area contributed by atoms with E-state index in [0.717, 1.165) is 32.0 Å². The zero-order valence-corrected chi connectivity index (χ0v) is 17.1. The fraction of sp³-hybridized carbons (Fsp3) is 0.667. The number of rotatable bonds is 7. The van der Waals surface area contributed by atoms with Gasteiger partial charge in [0, 0.05) is 44.3 Å². The molecule has 2 fully saturated rings. The Balaban J connectivity index is 1.37. The summed E-state index contributed by atoms with van der Waals surface area (Å²) >= 11 is 0. The summed E-state index contributed by atoms with van der Waals surface area (Å²) in [6, 6.07) is 6.44. The second-order valence-corrected chi connectivity index (χ2v) is 8.35. The van der Waals surface area contributed by atoms with Crippen LogP contribution >= 0.6 is 0 Å². The van der Waals surface area contributed by atoms with Gasteiger partial charge in [0.05, 0.1) is 5.56 Å². The van der Waals surface area contributed by atoms with E-state index in [-0.39, 0.29) is 12.1 Å². The normalized spacial score (nSPS) is 19.9. The summed E-state index contributed by atoms with van der Waals surface area (Å²) in [5.41, 5.74) is 0.0579. The third kappa shape index (κ3) is 6.60. The lowest BCUT2D eigenvalue weighted by Crippen LogP contribution is -2.50. The van der Waals surface area contributed by atoms with Crippen molar-refractivity contribution in [2.45, 2.75) is 63.5 Å². The van der Waals surface area contributed by atoms with Gasteiger partial charge in [-0.05, 0) is 51.3 Å². The molecular weight excluding hydrogens is 381 g/mol. The van der Waals surface area contributed by atoms with Gasteiger partial charge in [0.25, 0.3) is 0 Å². The lowest BCUT2D eigenvalue weighted by atomic mass is 10.0. The Kier molecular flexibility index (Phi) is 7.05. The fourth-order valence-corrected chi connectivity index (χ4v) is 3.80. The minimum atomic E-state index is -4.31. The number of carbonyl (C=O) groups is 1. The summed E-state index contributed by atoms with van der Waals surface area (Å²) in [5.74, 6) is 0. The van der Waals surface area contributed by atoms with Gasteiger partial charge in [-0.3, -0.25) is 9.80 Å². The molecule has 2 aliphatic rings. The van der Waals surface area contributed by atoms with E-state index < -0.39 is 11.7 Å². The molecule has 1 saturated heterocycles. The van der Waals surface area contributed by atoms with Crippen molar-refractivity contribution in [3.05, 3.63) is 35.4 Å². The first-order chi connectivity index (χ1) is 13.7. The van der Waals surface area contributed by atoms with E-state index in [1.54, 1.807) is 6.07 Å². The van der Waals surface area contributed by atoms with Gasteiger partial charge >= 0.3 is 12.2 Å². The van der Waals surface area contributed by atoms with Crippen molar-refractivity contribution >= 4 is 6.03 Å². The highest BCUT2D eigenvalue weighted by molar-refractivity contribution is 5.74. The van der Waals surface area contributed by atoms with Gasteiger partial charge in [-0.2, -0.15) is 13.2 Å². The molecule has 0 bridgehead atoms. The van der Waals surface area contributed by atoms with Crippen molar-refractivity contribution in [3.8, 4) is 0 Å². The predicted molar refractivity (Wildman–Crippen MR) is 107 cm³/mol. The highest BCUT2D eigenvalue weighted by atomic mass is 19.4. The Morgan fingerprint density at radius 1 is 1.24 bits per heavy atom. The average molecular weight is 413 g/mol. The first kappa shape index (κ1) is 21.9. The molecule has 2 N–H and O–H groups in total. The van der Waals surface area contributed by atoms with Crippen LogP contribution in [0.3, 0.4) is 0 Å². The number of benzene rings is 1. The maximum absolute atomic E-state index is 12.9. The number of piperidine rings is 1. The molecule has 3 rings (SSSR count). The topological polar surface area (TPSA) is 47.6 Å². The monoisotopic (exact) mass is 412 g/mol. The van der Waals surface area contributed by atoms with Crippen LogP contribution in [0.2, 0.25) is 0 Å². The molecule has 1 atom stereocenters. The van der Waals surface area contributed by atoms with Gasteiger partial charge < -0.3 is 10.6 Å². The number of hydrogen-bond donors (Lipinski definition) is 2. The van der Waals surface area contributed by atoms with Crippen LogP contribution in [0.1, 0.15) is 43.7 Å². The lowest BCUT2D eigenvalue weighted by Gasteiger charge is -2.32. The molecular formula is C21H31F3N4O. The second kappa shape index (κ2) is 9.34. The van der Waals surface area contributed by atoms with Crippen LogP contribution in [0.25, 0.3) is 0 Å². The molecule has 2 amide bonds. The van der Waals surface area contributed by atoms with Crippen LogP contribution in [-0.4, -0.2) is 60.6 Å². The van der Waals surface area contributed by atoms with E-state index in [2.05, 4.69) is 34.4 Å². The first-order valence-electron chi connectivity index (χ1n) is 10.4. The van der Waals surface area contributed by atoms with E-state index >= 15 is 0 Å². The Bertz CT molecular complexity index is 685. The molecule has 1 aromatic carbocycles. The van der Waals surface area contributed by atoms with Gasteiger partial charge in [0.1, 0.15) is 0 Å². The summed E-state index contributed by atoms with van der Waals surface area (Å²) in [6.45, 7) is 4.73. The molecule has 0 spiro atoms. The van der Waals surface area contributed by atoms with Crippen LogP contribution in [0.15, 0.2) is 24.3 Å². The standard InChI is InChI=1S/C21H31F3N4O/c1-15(27(2)19-6-7-19)13-25-20(29)26-18-8-10-28(11-9-18)14-16-4-3-5-17(12-16)21(22,23)24/h3-5,12,15,18-19H,6-11,13-14H2,1-2H3,(H2,25,26,29). The molecule has 5 nitrogen and oxygen atoms in total. The lowest BCUT2D eigenvalue weighted by molar-refractivity contribution is -0.137. The minimum Gasteiger partial charge on any atom is -0.337 e. The number of carbonyl (C=O) groups excluding carboxylic acids is 1. The summed E-state index contributed by atoms with van der Waals surface area (Å²) in [7, 11) is 2.10. The van der Waals surface area contributed by atoms with Crippen molar-refractivity contribution in [1.82, 2.24) is 20.4 Å². The van der Waals surface area contributed by atoms with E-state index in [1.807, 2.05) is 0 Å². The fourth-order valence-electron chi connectivity index (χ4n) is 3.80. The summed E-state index contributed by atoms with van der Waals surface area (Å²) in [6.07, 6.45) is -0.239. The van der Waals surface area contributed by atoms with Gasteiger partial charge in [0.2, 0.25) is 0 Å². The van der Waals surface area contributed by atoms with E-state index in [4.69, 9.17) is 0 Å². The zero-order valence-electron chi connectivity index (χ0n) is 17.1. The number of nitrogens with zero attached hydrogens (tertiary/aromatic N) is 2. The van der Waals surface area contributed by atoms with Crippen molar-refractivity contribution < 1.29 is 18.0 Å². The first-order valence-corrected chi connectivity index (χ1v) is 10.4. The van der Waals surface area contributed by atoms with Crippen molar-refractivity contribution in [1.29, 1.82) is 0 Å². The predicted octanol–water partition coefficient (Wildman–Crippen LogP) is 3.45. The number of halogens is 3. The van der Waals surface area contributed by atoms with Crippen molar-refractivity contribution in [3.63, 3.8) is 0 Å². The molecule has 1 aliphatic carbocycles. The summed E-state index contributed by atoms with van der Waals surface area (Å²) in [4.78, 5) is 16.6.